The molecule has 0 unspecified atom stereocenters. The standard InChI is InChI=1S/C22H20N2O3S/c1-13-4-5-15(8-14(13)2)9-21(25)24-22-23-18(12-28-22)20-10-16-6-7-17(26-3)11-19(16)27-20/h4-8,10-12H,9H2,1-3H3,(H,23,24,25). The van der Waals surface area contributed by atoms with Crippen LogP contribution in [-0.4, -0.2) is 18.0 Å². The molecule has 2 heterocycles. The predicted octanol–water partition coefficient (Wildman–Crippen LogP) is 5.36. The van der Waals surface area contributed by atoms with Crippen molar-refractivity contribution in [1.82, 2.24) is 4.98 Å². The van der Waals surface area contributed by atoms with Gasteiger partial charge in [-0.25, -0.2) is 4.98 Å². The molecule has 0 aliphatic carbocycles. The van der Waals surface area contributed by atoms with E-state index >= 15 is 0 Å². The van der Waals surface area contributed by atoms with E-state index in [9.17, 15) is 4.79 Å². The van der Waals surface area contributed by atoms with Crippen LogP contribution in [0.25, 0.3) is 22.4 Å². The van der Waals surface area contributed by atoms with Crippen LogP contribution in [-0.2, 0) is 11.2 Å². The van der Waals surface area contributed by atoms with Gasteiger partial charge < -0.3 is 14.5 Å². The second kappa shape index (κ2) is 7.48. The minimum atomic E-state index is -0.0847. The summed E-state index contributed by atoms with van der Waals surface area (Å²) in [4.78, 5) is 16.8. The maximum Gasteiger partial charge on any atom is 0.230 e. The monoisotopic (exact) mass is 392 g/mol. The number of benzene rings is 2. The Hall–Kier alpha value is -3.12. The van der Waals surface area contributed by atoms with Gasteiger partial charge in [0.15, 0.2) is 10.9 Å². The number of aryl methyl sites for hydroxylation is 2. The maximum atomic E-state index is 12.4. The van der Waals surface area contributed by atoms with Crippen molar-refractivity contribution < 1.29 is 13.9 Å². The minimum absolute atomic E-state index is 0.0847. The van der Waals surface area contributed by atoms with Gasteiger partial charge in [-0.3, -0.25) is 4.79 Å². The molecule has 6 heteroatoms. The first-order chi connectivity index (χ1) is 13.5. The van der Waals surface area contributed by atoms with Gasteiger partial charge in [-0.15, -0.1) is 11.3 Å². The van der Waals surface area contributed by atoms with Crippen LogP contribution in [0.15, 0.2) is 52.3 Å². The van der Waals surface area contributed by atoms with Crippen LogP contribution in [0.2, 0.25) is 0 Å². The number of hydrogen-bond donors (Lipinski definition) is 1. The first-order valence-corrected chi connectivity index (χ1v) is 9.79. The van der Waals surface area contributed by atoms with Crippen molar-refractivity contribution in [2.75, 3.05) is 12.4 Å². The second-order valence-electron chi connectivity index (χ2n) is 6.70. The van der Waals surface area contributed by atoms with E-state index < -0.39 is 0 Å². The van der Waals surface area contributed by atoms with Crippen molar-refractivity contribution in [2.24, 2.45) is 0 Å². The summed E-state index contributed by atoms with van der Waals surface area (Å²) in [5, 5.41) is 6.28. The lowest BCUT2D eigenvalue weighted by molar-refractivity contribution is -0.115. The van der Waals surface area contributed by atoms with E-state index in [-0.39, 0.29) is 5.91 Å². The summed E-state index contributed by atoms with van der Waals surface area (Å²) >= 11 is 1.38. The molecule has 2 aromatic heterocycles. The molecular formula is C22H20N2O3S. The maximum absolute atomic E-state index is 12.4. The van der Waals surface area contributed by atoms with E-state index in [2.05, 4.69) is 17.2 Å². The van der Waals surface area contributed by atoms with Crippen LogP contribution in [0.5, 0.6) is 5.75 Å². The summed E-state index contributed by atoms with van der Waals surface area (Å²) in [5.41, 5.74) is 4.83. The zero-order chi connectivity index (χ0) is 19.7. The molecule has 142 valence electrons. The molecule has 0 saturated heterocycles. The summed E-state index contributed by atoms with van der Waals surface area (Å²) in [6.07, 6.45) is 0.320. The van der Waals surface area contributed by atoms with Crippen LogP contribution >= 0.6 is 11.3 Å². The Labute approximate surface area is 167 Å². The molecule has 2 aromatic carbocycles. The van der Waals surface area contributed by atoms with Crippen molar-refractivity contribution >= 4 is 33.3 Å². The van der Waals surface area contributed by atoms with Gasteiger partial charge >= 0.3 is 0 Å². The van der Waals surface area contributed by atoms with Crippen LogP contribution in [0.1, 0.15) is 16.7 Å². The van der Waals surface area contributed by atoms with E-state index in [1.807, 2.05) is 54.8 Å². The molecule has 28 heavy (non-hydrogen) atoms. The van der Waals surface area contributed by atoms with Crippen molar-refractivity contribution in [3.63, 3.8) is 0 Å². The molecule has 0 bridgehead atoms. The lowest BCUT2D eigenvalue weighted by Crippen LogP contribution is -2.14. The third-order valence-electron chi connectivity index (χ3n) is 4.67. The number of thiazole rings is 1. The van der Waals surface area contributed by atoms with Crippen molar-refractivity contribution in [1.29, 1.82) is 0 Å². The molecule has 0 fully saturated rings. The molecule has 4 rings (SSSR count). The van der Waals surface area contributed by atoms with Gasteiger partial charge in [-0.05, 0) is 48.7 Å². The Kier molecular flexibility index (Phi) is 4.88. The highest BCUT2D eigenvalue weighted by molar-refractivity contribution is 7.14. The number of aromatic nitrogens is 1. The number of carbonyl (C=O) groups excluding carboxylic acids is 1. The fourth-order valence-electron chi connectivity index (χ4n) is 2.97. The minimum Gasteiger partial charge on any atom is -0.497 e. The number of carbonyl (C=O) groups is 1. The number of methoxy groups -OCH3 is 1. The number of hydrogen-bond acceptors (Lipinski definition) is 5. The molecule has 1 N–H and O–H groups in total. The number of amides is 1. The normalized spacial score (nSPS) is 11.0. The highest BCUT2D eigenvalue weighted by atomic mass is 32.1. The Bertz CT molecular complexity index is 1160. The molecular weight excluding hydrogens is 372 g/mol. The molecule has 0 aliphatic rings. The Balaban J connectivity index is 1.48. The molecule has 1 amide bonds. The van der Waals surface area contributed by atoms with Crippen molar-refractivity contribution in [3.05, 3.63) is 64.5 Å². The Morgan fingerprint density at radius 2 is 2.00 bits per heavy atom. The fraction of sp³-hybridized carbons (Fsp3) is 0.182. The van der Waals surface area contributed by atoms with Crippen molar-refractivity contribution in [2.45, 2.75) is 20.3 Å². The van der Waals surface area contributed by atoms with Gasteiger partial charge in [0.1, 0.15) is 17.0 Å². The number of furan rings is 1. The average molecular weight is 392 g/mol. The summed E-state index contributed by atoms with van der Waals surface area (Å²) in [5.74, 6) is 1.32. The summed E-state index contributed by atoms with van der Waals surface area (Å²) in [6.45, 7) is 4.11. The molecule has 5 nitrogen and oxygen atoms in total. The van der Waals surface area contributed by atoms with E-state index in [4.69, 9.17) is 9.15 Å². The fourth-order valence-corrected chi connectivity index (χ4v) is 3.69. The first kappa shape index (κ1) is 18.3. The van der Waals surface area contributed by atoms with Crippen LogP contribution in [0, 0.1) is 13.8 Å². The summed E-state index contributed by atoms with van der Waals surface area (Å²) in [6, 6.07) is 13.7. The smallest absolute Gasteiger partial charge is 0.230 e. The largest absolute Gasteiger partial charge is 0.497 e. The van der Waals surface area contributed by atoms with Gasteiger partial charge in [-0.2, -0.15) is 0 Å². The molecule has 0 aliphatic heterocycles. The number of nitrogens with one attached hydrogen (secondary N) is 1. The number of nitrogens with zero attached hydrogens (tertiary/aromatic N) is 1. The van der Waals surface area contributed by atoms with Gasteiger partial charge in [-0.1, -0.05) is 18.2 Å². The molecule has 0 radical (unpaired) electrons. The molecule has 4 aromatic rings. The van der Waals surface area contributed by atoms with E-state index in [0.717, 1.165) is 22.3 Å². The molecule has 0 spiro atoms. The quantitative estimate of drug-likeness (QED) is 0.496. The van der Waals surface area contributed by atoms with Crippen LogP contribution in [0.3, 0.4) is 0 Å². The zero-order valence-corrected chi connectivity index (χ0v) is 16.7. The number of fused-ring (bicyclic) bond motifs is 1. The highest BCUT2D eigenvalue weighted by Gasteiger charge is 2.13. The Morgan fingerprint density at radius 1 is 1.14 bits per heavy atom. The lowest BCUT2D eigenvalue weighted by Gasteiger charge is -2.05. The lowest BCUT2D eigenvalue weighted by atomic mass is 10.0. The predicted molar refractivity (Wildman–Crippen MR) is 112 cm³/mol. The molecule has 0 saturated carbocycles. The number of anilines is 1. The summed E-state index contributed by atoms with van der Waals surface area (Å²) in [7, 11) is 1.62. The number of rotatable bonds is 5. The third-order valence-corrected chi connectivity index (χ3v) is 5.42. The van der Waals surface area contributed by atoms with Gasteiger partial charge in [0.05, 0.1) is 13.5 Å². The first-order valence-electron chi connectivity index (χ1n) is 8.91. The Morgan fingerprint density at radius 3 is 2.79 bits per heavy atom. The van der Waals surface area contributed by atoms with Gasteiger partial charge in [0.2, 0.25) is 5.91 Å². The van der Waals surface area contributed by atoms with E-state index in [0.29, 0.717) is 23.0 Å². The average Bonchev–Trinajstić information content (AvgIpc) is 3.30. The topological polar surface area (TPSA) is 64.4 Å². The van der Waals surface area contributed by atoms with Gasteiger partial charge in [0, 0.05) is 16.8 Å². The third kappa shape index (κ3) is 3.77. The number of ether oxygens (including phenoxy) is 1. The van der Waals surface area contributed by atoms with Crippen LogP contribution in [0.4, 0.5) is 5.13 Å². The summed E-state index contributed by atoms with van der Waals surface area (Å²) < 4.78 is 11.1. The van der Waals surface area contributed by atoms with Gasteiger partial charge in [0.25, 0.3) is 0 Å². The molecule has 0 atom stereocenters. The second-order valence-corrected chi connectivity index (χ2v) is 7.55. The van der Waals surface area contributed by atoms with Crippen LogP contribution < -0.4 is 10.1 Å². The zero-order valence-electron chi connectivity index (χ0n) is 15.9. The van der Waals surface area contributed by atoms with E-state index in [1.54, 1.807) is 7.11 Å². The van der Waals surface area contributed by atoms with Crippen molar-refractivity contribution in [3.8, 4) is 17.2 Å². The SMILES string of the molecule is COc1ccc2cc(-c3csc(NC(=O)Cc4ccc(C)c(C)c4)n3)oc2c1. The van der Waals surface area contributed by atoms with E-state index in [1.165, 1.54) is 22.5 Å². The highest BCUT2D eigenvalue weighted by Crippen LogP contribution is 2.32.